The number of unbranched alkanes of at least 4 members (excludes halogenated alkanes) is 2. The molecule has 0 aliphatic carbocycles. The summed E-state index contributed by atoms with van der Waals surface area (Å²) in [5.41, 5.74) is 1.19. The van der Waals surface area contributed by atoms with E-state index in [9.17, 15) is 0 Å². The molecule has 56 valence electrons. The molecule has 1 heterocycles. The third-order valence-corrected chi connectivity index (χ3v) is 1.59. The van der Waals surface area contributed by atoms with Crippen LogP contribution in [0.1, 0.15) is 31.9 Å². The standard InChI is InChI=1S/C8H14N2/c1-2-3-4-5-8-6-9-7-10-8/h6-7H,2-5H2,1H3,(H,9,10). The van der Waals surface area contributed by atoms with E-state index in [4.69, 9.17) is 0 Å². The summed E-state index contributed by atoms with van der Waals surface area (Å²) in [5, 5.41) is 0. The quantitative estimate of drug-likeness (QED) is 0.634. The molecule has 1 aromatic rings. The molecular formula is C8H14N2. The molecule has 1 rings (SSSR count). The number of nitrogens with one attached hydrogen (secondary N) is 1. The van der Waals surface area contributed by atoms with E-state index >= 15 is 0 Å². The summed E-state index contributed by atoms with van der Waals surface area (Å²) in [6.07, 6.45) is 8.69. The molecule has 0 aliphatic rings. The van der Waals surface area contributed by atoms with Crippen molar-refractivity contribution in [2.45, 2.75) is 32.6 Å². The van der Waals surface area contributed by atoms with Gasteiger partial charge in [0.1, 0.15) is 0 Å². The van der Waals surface area contributed by atoms with Crippen molar-refractivity contribution in [3.8, 4) is 0 Å². The first-order valence-electron chi connectivity index (χ1n) is 3.91. The third kappa shape index (κ3) is 2.21. The second kappa shape index (κ2) is 4.09. The fourth-order valence-electron chi connectivity index (χ4n) is 0.984. The van der Waals surface area contributed by atoms with Crippen LogP contribution in [0.2, 0.25) is 0 Å². The summed E-state index contributed by atoms with van der Waals surface area (Å²) >= 11 is 0. The Morgan fingerprint density at radius 3 is 3.00 bits per heavy atom. The van der Waals surface area contributed by atoms with Gasteiger partial charge in [-0.3, -0.25) is 0 Å². The predicted molar refractivity (Wildman–Crippen MR) is 41.8 cm³/mol. The molecule has 0 spiro atoms. The van der Waals surface area contributed by atoms with Gasteiger partial charge in [-0.05, 0) is 12.8 Å². The molecule has 1 N–H and O–H groups in total. The van der Waals surface area contributed by atoms with Gasteiger partial charge < -0.3 is 4.98 Å². The van der Waals surface area contributed by atoms with E-state index in [2.05, 4.69) is 16.9 Å². The molecule has 2 heteroatoms. The Kier molecular flexibility index (Phi) is 3.00. The van der Waals surface area contributed by atoms with Gasteiger partial charge in [0, 0.05) is 6.20 Å². The highest BCUT2D eigenvalue weighted by molar-refractivity contribution is 4.93. The van der Waals surface area contributed by atoms with Crippen LogP contribution in [0.4, 0.5) is 0 Å². The van der Waals surface area contributed by atoms with Crippen LogP contribution < -0.4 is 0 Å². The molecule has 0 fully saturated rings. The lowest BCUT2D eigenvalue weighted by Crippen LogP contribution is -1.83. The van der Waals surface area contributed by atoms with Crippen LogP contribution in [-0.2, 0) is 6.42 Å². The van der Waals surface area contributed by atoms with Gasteiger partial charge in [0.2, 0.25) is 0 Å². The highest BCUT2D eigenvalue weighted by Gasteiger charge is 1.91. The molecule has 0 aliphatic heterocycles. The smallest absolute Gasteiger partial charge is 0.0923 e. The average Bonchev–Trinajstić information content (AvgIpc) is 2.41. The van der Waals surface area contributed by atoms with Crippen molar-refractivity contribution in [1.82, 2.24) is 9.97 Å². The lowest BCUT2D eigenvalue weighted by Gasteiger charge is -1.92. The molecule has 0 bridgehead atoms. The second-order valence-electron chi connectivity index (χ2n) is 2.52. The van der Waals surface area contributed by atoms with Crippen molar-refractivity contribution in [3.05, 3.63) is 18.2 Å². The molecule has 0 radical (unpaired) electrons. The van der Waals surface area contributed by atoms with Gasteiger partial charge in [0.05, 0.1) is 12.0 Å². The van der Waals surface area contributed by atoms with E-state index in [-0.39, 0.29) is 0 Å². The van der Waals surface area contributed by atoms with Crippen LogP contribution in [0.5, 0.6) is 0 Å². The molecule has 10 heavy (non-hydrogen) atoms. The van der Waals surface area contributed by atoms with E-state index in [1.165, 1.54) is 25.0 Å². The Balaban J connectivity index is 2.15. The number of imidazole rings is 1. The van der Waals surface area contributed by atoms with Crippen LogP contribution in [0.25, 0.3) is 0 Å². The highest BCUT2D eigenvalue weighted by atomic mass is 14.9. The maximum atomic E-state index is 4.13. The van der Waals surface area contributed by atoms with E-state index in [1.54, 1.807) is 6.33 Å². The van der Waals surface area contributed by atoms with Gasteiger partial charge in [0.25, 0.3) is 0 Å². The highest BCUT2D eigenvalue weighted by Crippen LogP contribution is 2.01. The van der Waals surface area contributed by atoms with Gasteiger partial charge in [-0.25, -0.2) is 4.98 Å². The Morgan fingerprint density at radius 2 is 2.40 bits per heavy atom. The zero-order valence-electron chi connectivity index (χ0n) is 6.43. The molecule has 0 amide bonds. The number of rotatable bonds is 4. The lowest BCUT2D eigenvalue weighted by atomic mass is 10.2. The third-order valence-electron chi connectivity index (χ3n) is 1.59. The van der Waals surface area contributed by atoms with Crippen molar-refractivity contribution in [2.24, 2.45) is 0 Å². The number of hydrogen-bond donors (Lipinski definition) is 1. The van der Waals surface area contributed by atoms with Crippen LogP contribution >= 0.6 is 0 Å². The minimum absolute atomic E-state index is 1.12. The van der Waals surface area contributed by atoms with E-state index < -0.39 is 0 Å². The van der Waals surface area contributed by atoms with E-state index in [0.717, 1.165) is 6.42 Å². The molecule has 0 aromatic carbocycles. The molecular weight excluding hydrogens is 124 g/mol. The van der Waals surface area contributed by atoms with Crippen LogP contribution in [0, 0.1) is 0 Å². The predicted octanol–water partition coefficient (Wildman–Crippen LogP) is 2.14. The van der Waals surface area contributed by atoms with Crippen LogP contribution in [0.15, 0.2) is 12.5 Å². The summed E-state index contributed by atoms with van der Waals surface area (Å²) < 4.78 is 0. The molecule has 0 unspecified atom stereocenters. The van der Waals surface area contributed by atoms with Crippen molar-refractivity contribution >= 4 is 0 Å². The number of aromatic amines is 1. The van der Waals surface area contributed by atoms with Gasteiger partial charge in [-0.15, -0.1) is 0 Å². The van der Waals surface area contributed by atoms with Crippen LogP contribution in [-0.4, -0.2) is 9.97 Å². The van der Waals surface area contributed by atoms with Gasteiger partial charge in [-0.1, -0.05) is 19.8 Å². The first-order chi connectivity index (χ1) is 4.93. The molecule has 0 saturated carbocycles. The summed E-state index contributed by atoms with van der Waals surface area (Å²) in [7, 11) is 0. The van der Waals surface area contributed by atoms with Crippen molar-refractivity contribution in [2.75, 3.05) is 0 Å². The normalized spacial score (nSPS) is 10.1. The number of nitrogens with zero attached hydrogens (tertiary/aromatic N) is 1. The monoisotopic (exact) mass is 138 g/mol. The number of H-pyrrole nitrogens is 1. The Labute approximate surface area is 61.7 Å². The zero-order chi connectivity index (χ0) is 7.23. The second-order valence-corrected chi connectivity index (χ2v) is 2.52. The maximum absolute atomic E-state index is 4.13. The minimum Gasteiger partial charge on any atom is -0.351 e. The lowest BCUT2D eigenvalue weighted by molar-refractivity contribution is 0.709. The molecule has 0 atom stereocenters. The zero-order valence-corrected chi connectivity index (χ0v) is 6.43. The maximum Gasteiger partial charge on any atom is 0.0923 e. The fraction of sp³-hybridized carbons (Fsp3) is 0.625. The molecule has 1 aromatic heterocycles. The van der Waals surface area contributed by atoms with Crippen molar-refractivity contribution in [1.29, 1.82) is 0 Å². The fourth-order valence-corrected chi connectivity index (χ4v) is 0.984. The van der Waals surface area contributed by atoms with Crippen LogP contribution in [0.3, 0.4) is 0 Å². The molecule has 0 saturated heterocycles. The van der Waals surface area contributed by atoms with Gasteiger partial charge >= 0.3 is 0 Å². The largest absolute Gasteiger partial charge is 0.351 e. The minimum atomic E-state index is 1.12. The van der Waals surface area contributed by atoms with E-state index in [1.807, 2.05) is 6.20 Å². The average molecular weight is 138 g/mol. The topological polar surface area (TPSA) is 28.7 Å². The summed E-state index contributed by atoms with van der Waals surface area (Å²) in [6, 6.07) is 0. The Bertz CT molecular complexity index is 156. The molecule has 2 nitrogen and oxygen atoms in total. The first-order valence-corrected chi connectivity index (χ1v) is 3.91. The van der Waals surface area contributed by atoms with Crippen molar-refractivity contribution in [3.63, 3.8) is 0 Å². The number of aryl methyl sites for hydroxylation is 1. The summed E-state index contributed by atoms with van der Waals surface area (Å²) in [6.45, 7) is 2.21. The van der Waals surface area contributed by atoms with Crippen molar-refractivity contribution < 1.29 is 0 Å². The Morgan fingerprint density at radius 1 is 1.50 bits per heavy atom. The van der Waals surface area contributed by atoms with Gasteiger partial charge in [-0.2, -0.15) is 0 Å². The summed E-state index contributed by atoms with van der Waals surface area (Å²) in [5.74, 6) is 0. The Hall–Kier alpha value is -0.790. The first kappa shape index (κ1) is 7.32. The number of aromatic nitrogens is 2. The SMILES string of the molecule is CCCCCc1c[nH]cn1. The van der Waals surface area contributed by atoms with Gasteiger partial charge in [0.15, 0.2) is 0 Å². The summed E-state index contributed by atoms with van der Waals surface area (Å²) in [4.78, 5) is 7.08. The van der Waals surface area contributed by atoms with E-state index in [0.29, 0.717) is 0 Å². The number of hydrogen-bond acceptors (Lipinski definition) is 1.